The third-order valence-electron chi connectivity index (χ3n) is 3.95. The predicted molar refractivity (Wildman–Crippen MR) is 74.4 cm³/mol. The van der Waals surface area contributed by atoms with Crippen LogP contribution in [-0.2, 0) is 4.79 Å². The average Bonchev–Trinajstić information content (AvgIpc) is 2.82. The Labute approximate surface area is 109 Å². The first-order valence-corrected chi connectivity index (χ1v) is 6.70. The van der Waals surface area contributed by atoms with Gasteiger partial charge in [-0.25, -0.2) is 0 Å². The van der Waals surface area contributed by atoms with Gasteiger partial charge < -0.3 is 11.1 Å². The number of amides is 1. The van der Waals surface area contributed by atoms with E-state index in [2.05, 4.69) is 11.4 Å². The predicted octanol–water partition coefficient (Wildman–Crippen LogP) is 2.62. The molecule has 1 saturated carbocycles. The summed E-state index contributed by atoms with van der Waals surface area (Å²) in [5.74, 6) is 0.585. The van der Waals surface area contributed by atoms with Gasteiger partial charge in [0.05, 0.1) is 0 Å². The Kier molecular flexibility index (Phi) is 4.02. The van der Waals surface area contributed by atoms with Crippen LogP contribution in [0.15, 0.2) is 18.2 Å². The Morgan fingerprint density at radius 3 is 2.89 bits per heavy atom. The fourth-order valence-corrected chi connectivity index (χ4v) is 2.76. The number of nitrogens with one attached hydrogen (secondary N) is 1. The number of hydrogen-bond acceptors (Lipinski definition) is 2. The second kappa shape index (κ2) is 5.53. The van der Waals surface area contributed by atoms with Crippen molar-refractivity contribution in [3.05, 3.63) is 29.3 Å². The molecule has 0 heterocycles. The lowest BCUT2D eigenvalue weighted by atomic mass is 9.95. The lowest BCUT2D eigenvalue weighted by Gasteiger charge is -2.18. The molecular weight excluding hydrogens is 224 g/mol. The van der Waals surface area contributed by atoms with Gasteiger partial charge in [-0.05, 0) is 56.3 Å². The van der Waals surface area contributed by atoms with Crippen LogP contribution < -0.4 is 11.1 Å². The zero-order valence-corrected chi connectivity index (χ0v) is 11.2. The Balaban J connectivity index is 2.09. The molecule has 0 aliphatic heterocycles. The maximum Gasteiger partial charge on any atom is 0.227 e. The molecule has 3 nitrogen and oxygen atoms in total. The summed E-state index contributed by atoms with van der Waals surface area (Å²) in [6, 6.07) is 6.13. The summed E-state index contributed by atoms with van der Waals surface area (Å²) in [5, 5.41) is 3.06. The van der Waals surface area contributed by atoms with Gasteiger partial charge in [0.2, 0.25) is 5.91 Å². The van der Waals surface area contributed by atoms with E-state index in [0.29, 0.717) is 12.5 Å². The lowest BCUT2D eigenvalue weighted by Crippen LogP contribution is -2.30. The van der Waals surface area contributed by atoms with Crippen molar-refractivity contribution in [2.75, 3.05) is 11.9 Å². The molecule has 2 unspecified atom stereocenters. The van der Waals surface area contributed by atoms with Gasteiger partial charge in [-0.1, -0.05) is 18.6 Å². The molecule has 0 bridgehead atoms. The molecule has 0 spiro atoms. The van der Waals surface area contributed by atoms with Crippen LogP contribution in [0.2, 0.25) is 0 Å². The molecule has 3 heteroatoms. The van der Waals surface area contributed by atoms with Crippen LogP contribution in [0.25, 0.3) is 0 Å². The number of anilines is 1. The summed E-state index contributed by atoms with van der Waals surface area (Å²) in [5.41, 5.74) is 8.93. The van der Waals surface area contributed by atoms with Crippen LogP contribution in [0, 0.1) is 25.7 Å². The summed E-state index contributed by atoms with van der Waals surface area (Å²) in [7, 11) is 0. The second-order valence-electron chi connectivity index (χ2n) is 5.34. The highest BCUT2D eigenvalue weighted by molar-refractivity contribution is 5.93. The zero-order chi connectivity index (χ0) is 13.1. The van der Waals surface area contributed by atoms with E-state index in [9.17, 15) is 4.79 Å². The van der Waals surface area contributed by atoms with Gasteiger partial charge >= 0.3 is 0 Å². The van der Waals surface area contributed by atoms with Crippen molar-refractivity contribution < 1.29 is 4.79 Å². The van der Waals surface area contributed by atoms with Gasteiger partial charge in [-0.2, -0.15) is 0 Å². The van der Waals surface area contributed by atoms with Crippen molar-refractivity contribution in [2.24, 2.45) is 17.6 Å². The Hall–Kier alpha value is -1.35. The number of benzene rings is 1. The third kappa shape index (κ3) is 2.72. The van der Waals surface area contributed by atoms with E-state index >= 15 is 0 Å². The van der Waals surface area contributed by atoms with Crippen molar-refractivity contribution in [3.8, 4) is 0 Å². The molecule has 18 heavy (non-hydrogen) atoms. The van der Waals surface area contributed by atoms with Crippen LogP contribution >= 0.6 is 0 Å². The van der Waals surface area contributed by atoms with Crippen LogP contribution in [0.1, 0.15) is 30.4 Å². The topological polar surface area (TPSA) is 55.1 Å². The minimum atomic E-state index is 0.0925. The highest BCUT2D eigenvalue weighted by atomic mass is 16.1. The quantitative estimate of drug-likeness (QED) is 0.861. The first-order chi connectivity index (χ1) is 8.61. The average molecular weight is 246 g/mol. The molecule has 1 fully saturated rings. The SMILES string of the molecule is Cc1ccc(C)c(NC(=O)C2CCCC2CN)c1. The molecule has 0 radical (unpaired) electrons. The van der Waals surface area contributed by atoms with Gasteiger partial charge in [0.15, 0.2) is 0 Å². The number of carbonyl (C=O) groups is 1. The smallest absolute Gasteiger partial charge is 0.227 e. The Morgan fingerprint density at radius 2 is 2.17 bits per heavy atom. The number of hydrogen-bond donors (Lipinski definition) is 2. The van der Waals surface area contributed by atoms with Gasteiger partial charge in [0.25, 0.3) is 0 Å². The summed E-state index contributed by atoms with van der Waals surface area (Å²) < 4.78 is 0. The van der Waals surface area contributed by atoms with E-state index in [4.69, 9.17) is 5.73 Å². The largest absolute Gasteiger partial charge is 0.330 e. The standard InChI is InChI=1S/C15H22N2O/c1-10-6-7-11(2)14(8-10)17-15(18)13-5-3-4-12(13)9-16/h6-8,12-13H,3-5,9,16H2,1-2H3,(H,17,18). The first-order valence-electron chi connectivity index (χ1n) is 6.70. The molecule has 1 amide bonds. The molecule has 1 aliphatic carbocycles. The molecular formula is C15H22N2O. The number of aryl methyl sites for hydroxylation is 2. The Morgan fingerprint density at radius 1 is 1.39 bits per heavy atom. The molecule has 2 rings (SSSR count). The summed E-state index contributed by atoms with van der Waals surface area (Å²) in [6.07, 6.45) is 3.17. The maximum absolute atomic E-state index is 12.3. The molecule has 2 atom stereocenters. The zero-order valence-electron chi connectivity index (χ0n) is 11.2. The van der Waals surface area contributed by atoms with Crippen LogP contribution in [0.5, 0.6) is 0 Å². The number of nitrogens with two attached hydrogens (primary N) is 1. The van der Waals surface area contributed by atoms with E-state index in [1.165, 1.54) is 0 Å². The van der Waals surface area contributed by atoms with E-state index < -0.39 is 0 Å². The summed E-state index contributed by atoms with van der Waals surface area (Å²) >= 11 is 0. The molecule has 98 valence electrons. The highest BCUT2D eigenvalue weighted by Crippen LogP contribution is 2.32. The molecule has 0 saturated heterocycles. The molecule has 1 aromatic rings. The van der Waals surface area contributed by atoms with Crippen LogP contribution in [-0.4, -0.2) is 12.5 Å². The number of rotatable bonds is 3. The fourth-order valence-electron chi connectivity index (χ4n) is 2.76. The summed E-state index contributed by atoms with van der Waals surface area (Å²) in [6.45, 7) is 4.67. The Bertz CT molecular complexity index is 442. The lowest BCUT2D eigenvalue weighted by molar-refractivity contribution is -0.120. The van der Waals surface area contributed by atoms with Gasteiger partial charge in [0, 0.05) is 11.6 Å². The molecule has 3 N–H and O–H groups in total. The fraction of sp³-hybridized carbons (Fsp3) is 0.533. The van der Waals surface area contributed by atoms with E-state index in [1.54, 1.807) is 0 Å². The second-order valence-corrected chi connectivity index (χ2v) is 5.34. The van der Waals surface area contributed by atoms with Crippen molar-refractivity contribution >= 4 is 11.6 Å². The monoisotopic (exact) mass is 246 g/mol. The number of carbonyl (C=O) groups excluding carboxylic acids is 1. The van der Waals surface area contributed by atoms with E-state index in [1.807, 2.05) is 26.0 Å². The van der Waals surface area contributed by atoms with Crippen molar-refractivity contribution in [3.63, 3.8) is 0 Å². The maximum atomic E-state index is 12.3. The van der Waals surface area contributed by atoms with Crippen LogP contribution in [0.3, 0.4) is 0 Å². The first kappa shape index (κ1) is 13.1. The molecule has 1 aromatic carbocycles. The van der Waals surface area contributed by atoms with E-state index in [0.717, 1.165) is 36.1 Å². The van der Waals surface area contributed by atoms with Crippen LogP contribution in [0.4, 0.5) is 5.69 Å². The van der Waals surface area contributed by atoms with E-state index in [-0.39, 0.29) is 11.8 Å². The van der Waals surface area contributed by atoms with Crippen molar-refractivity contribution in [2.45, 2.75) is 33.1 Å². The molecule has 1 aliphatic rings. The normalized spacial score (nSPS) is 23.1. The van der Waals surface area contributed by atoms with Crippen molar-refractivity contribution in [1.29, 1.82) is 0 Å². The minimum Gasteiger partial charge on any atom is -0.330 e. The summed E-state index contributed by atoms with van der Waals surface area (Å²) in [4.78, 5) is 12.3. The van der Waals surface area contributed by atoms with Gasteiger partial charge in [-0.3, -0.25) is 4.79 Å². The van der Waals surface area contributed by atoms with Crippen molar-refractivity contribution in [1.82, 2.24) is 0 Å². The highest BCUT2D eigenvalue weighted by Gasteiger charge is 2.31. The minimum absolute atomic E-state index is 0.0925. The molecule has 0 aromatic heterocycles. The van der Waals surface area contributed by atoms with Gasteiger partial charge in [-0.15, -0.1) is 0 Å². The van der Waals surface area contributed by atoms with Gasteiger partial charge in [0.1, 0.15) is 0 Å². The third-order valence-corrected chi connectivity index (χ3v) is 3.95.